The molecular formula is C15H17N5O5S. The Labute approximate surface area is 153 Å². The maximum atomic E-state index is 11.7. The largest absolute Gasteiger partial charge is 0.493 e. The highest BCUT2D eigenvalue weighted by Crippen LogP contribution is 2.38. The zero-order valence-corrected chi connectivity index (χ0v) is 15.0. The molecule has 1 aromatic carbocycles. The van der Waals surface area contributed by atoms with Gasteiger partial charge in [-0.25, -0.2) is 0 Å². The van der Waals surface area contributed by atoms with Crippen molar-refractivity contribution in [1.29, 1.82) is 0 Å². The van der Waals surface area contributed by atoms with E-state index in [1.54, 1.807) is 0 Å². The summed E-state index contributed by atoms with van der Waals surface area (Å²) in [6.07, 6.45) is 3.92. The van der Waals surface area contributed by atoms with Crippen LogP contribution >= 0.6 is 12.2 Å². The summed E-state index contributed by atoms with van der Waals surface area (Å²) in [6.45, 7) is 2.32. The van der Waals surface area contributed by atoms with E-state index in [0.29, 0.717) is 12.2 Å². The number of nitrogens with zero attached hydrogens (tertiary/aromatic N) is 4. The first-order valence-electron chi connectivity index (χ1n) is 7.68. The first kappa shape index (κ1) is 19.2. The van der Waals surface area contributed by atoms with Crippen LogP contribution in [0.1, 0.15) is 25.3 Å². The third-order valence-corrected chi connectivity index (χ3v) is 3.54. The Balaban J connectivity index is 2.45. The minimum absolute atomic E-state index is 0.00488. The molecule has 0 amide bonds. The van der Waals surface area contributed by atoms with E-state index in [4.69, 9.17) is 21.7 Å². The number of rotatable bonds is 8. The molecule has 0 spiro atoms. The van der Waals surface area contributed by atoms with Crippen LogP contribution < -0.4 is 15.0 Å². The fraction of sp³-hybridized carbons (Fsp3) is 0.333. The summed E-state index contributed by atoms with van der Waals surface area (Å²) in [5, 5.41) is 21.3. The highest BCUT2D eigenvalue weighted by molar-refractivity contribution is 7.71. The fourth-order valence-corrected chi connectivity index (χ4v) is 2.20. The Morgan fingerprint density at radius 3 is 2.88 bits per heavy atom. The zero-order chi connectivity index (χ0) is 19.1. The second-order valence-electron chi connectivity index (χ2n) is 5.10. The first-order valence-corrected chi connectivity index (χ1v) is 8.09. The highest BCUT2D eigenvalue weighted by Gasteiger charge is 2.22. The van der Waals surface area contributed by atoms with Gasteiger partial charge in [0.2, 0.25) is 10.5 Å². The number of nitro groups is 1. The summed E-state index contributed by atoms with van der Waals surface area (Å²) >= 11 is 4.93. The molecule has 0 aliphatic heterocycles. The molecule has 2 aromatic rings. The molecule has 10 nitrogen and oxygen atoms in total. The lowest BCUT2D eigenvalue weighted by atomic mass is 10.2. The van der Waals surface area contributed by atoms with Gasteiger partial charge in [0, 0.05) is 11.6 Å². The molecule has 0 bridgehead atoms. The molecule has 0 atom stereocenters. The molecule has 138 valence electrons. The maximum Gasteiger partial charge on any atom is 0.315 e. The summed E-state index contributed by atoms with van der Waals surface area (Å²) < 4.78 is 11.6. The van der Waals surface area contributed by atoms with Crippen molar-refractivity contribution in [2.75, 3.05) is 13.7 Å². The summed E-state index contributed by atoms with van der Waals surface area (Å²) in [5.41, 5.74) is -0.449. The fourth-order valence-electron chi connectivity index (χ4n) is 2.01. The third kappa shape index (κ3) is 4.51. The van der Waals surface area contributed by atoms with Gasteiger partial charge in [-0.2, -0.15) is 14.9 Å². The van der Waals surface area contributed by atoms with Crippen LogP contribution in [0.4, 0.5) is 5.69 Å². The average molecular weight is 379 g/mol. The Hall–Kier alpha value is -3.08. The molecule has 0 aliphatic carbocycles. The summed E-state index contributed by atoms with van der Waals surface area (Å²) in [4.78, 5) is 22.5. The average Bonchev–Trinajstić information content (AvgIpc) is 2.61. The number of ether oxygens (including phenoxy) is 2. The molecule has 0 saturated carbocycles. The topological polar surface area (TPSA) is 125 Å². The molecule has 26 heavy (non-hydrogen) atoms. The molecule has 0 unspecified atom stereocenters. The van der Waals surface area contributed by atoms with Crippen molar-refractivity contribution < 1.29 is 14.4 Å². The summed E-state index contributed by atoms with van der Waals surface area (Å²) in [7, 11) is 1.39. The van der Waals surface area contributed by atoms with E-state index in [1.165, 1.54) is 25.5 Å². The van der Waals surface area contributed by atoms with Crippen molar-refractivity contribution in [1.82, 2.24) is 14.9 Å². The van der Waals surface area contributed by atoms with Gasteiger partial charge in [-0.3, -0.25) is 20.0 Å². The molecule has 2 rings (SSSR count). The Kier molecular flexibility index (Phi) is 6.55. The van der Waals surface area contributed by atoms with Crippen molar-refractivity contribution in [3.05, 3.63) is 49.1 Å². The second-order valence-corrected chi connectivity index (χ2v) is 5.49. The zero-order valence-electron chi connectivity index (χ0n) is 14.2. The Morgan fingerprint density at radius 2 is 2.27 bits per heavy atom. The maximum absolute atomic E-state index is 11.7. The van der Waals surface area contributed by atoms with Crippen LogP contribution in [0.3, 0.4) is 0 Å². The number of nitro benzene ring substituents is 1. The standard InChI is InChI=1S/C15H17N5O5S/c1-3-4-5-25-14-11(20(22)23)6-10(7-12(14)24-2)8-17-19-13(21)9-16-18-15(19)26/h6-9H,3-5H2,1-2H3,(H,18,26)/b17-8-. The van der Waals surface area contributed by atoms with Crippen LogP contribution in [0, 0.1) is 14.9 Å². The van der Waals surface area contributed by atoms with E-state index in [-0.39, 0.29) is 22.0 Å². The lowest BCUT2D eigenvalue weighted by Gasteiger charge is -2.11. The van der Waals surface area contributed by atoms with Gasteiger partial charge >= 0.3 is 5.69 Å². The number of nitrogens with one attached hydrogen (secondary N) is 1. The molecular weight excluding hydrogens is 362 g/mol. The number of aromatic nitrogens is 3. The number of hydrogen-bond acceptors (Lipinski definition) is 8. The molecule has 1 N–H and O–H groups in total. The Bertz CT molecular complexity index is 909. The van der Waals surface area contributed by atoms with Crippen molar-refractivity contribution in [2.45, 2.75) is 19.8 Å². The van der Waals surface area contributed by atoms with Crippen molar-refractivity contribution in [3.8, 4) is 11.5 Å². The van der Waals surface area contributed by atoms with E-state index in [9.17, 15) is 14.9 Å². The van der Waals surface area contributed by atoms with Gasteiger partial charge in [0.1, 0.15) is 6.20 Å². The van der Waals surface area contributed by atoms with E-state index in [0.717, 1.165) is 23.7 Å². The van der Waals surface area contributed by atoms with Crippen LogP contribution in [0.15, 0.2) is 28.2 Å². The summed E-state index contributed by atoms with van der Waals surface area (Å²) in [5.74, 6) is 0.255. The smallest absolute Gasteiger partial charge is 0.315 e. The number of methoxy groups -OCH3 is 1. The predicted molar refractivity (Wildman–Crippen MR) is 96.7 cm³/mol. The van der Waals surface area contributed by atoms with E-state index in [1.807, 2.05) is 6.92 Å². The lowest BCUT2D eigenvalue weighted by molar-refractivity contribution is -0.386. The van der Waals surface area contributed by atoms with Gasteiger partial charge in [-0.05, 0) is 24.7 Å². The van der Waals surface area contributed by atoms with Crippen molar-refractivity contribution in [2.24, 2.45) is 5.10 Å². The van der Waals surface area contributed by atoms with E-state index < -0.39 is 10.5 Å². The van der Waals surface area contributed by atoms with Crippen molar-refractivity contribution >= 4 is 24.1 Å². The Morgan fingerprint density at radius 1 is 1.50 bits per heavy atom. The van der Waals surface area contributed by atoms with Gasteiger partial charge in [-0.15, -0.1) is 0 Å². The molecule has 11 heteroatoms. The van der Waals surface area contributed by atoms with Crippen molar-refractivity contribution in [3.63, 3.8) is 0 Å². The van der Waals surface area contributed by atoms with Gasteiger partial charge < -0.3 is 9.47 Å². The van der Waals surface area contributed by atoms with E-state index in [2.05, 4.69) is 15.3 Å². The molecule has 0 fully saturated rings. The van der Waals surface area contributed by atoms with Gasteiger partial charge in [0.25, 0.3) is 5.56 Å². The van der Waals surface area contributed by atoms with Crippen LogP contribution in [0.2, 0.25) is 0 Å². The first-order chi connectivity index (χ1) is 12.5. The van der Waals surface area contributed by atoms with Crippen LogP contribution in [0.5, 0.6) is 11.5 Å². The van der Waals surface area contributed by atoms with Gasteiger partial charge in [-0.1, -0.05) is 13.3 Å². The third-order valence-electron chi connectivity index (χ3n) is 3.28. The predicted octanol–water partition coefficient (Wildman–Crippen LogP) is 2.28. The molecule has 0 saturated heterocycles. The van der Waals surface area contributed by atoms with Gasteiger partial charge in [0.15, 0.2) is 5.75 Å². The minimum Gasteiger partial charge on any atom is -0.493 e. The second kappa shape index (κ2) is 8.85. The van der Waals surface area contributed by atoms with Gasteiger partial charge in [0.05, 0.1) is 24.9 Å². The SMILES string of the molecule is CCCCOc1c(OC)cc(/C=N\n2c(=O)cn[nH]c2=S)cc1[N+](=O)[O-]. The number of hydrogen-bond donors (Lipinski definition) is 1. The monoisotopic (exact) mass is 379 g/mol. The molecule has 1 heterocycles. The van der Waals surface area contributed by atoms with Crippen LogP contribution in [-0.4, -0.2) is 39.7 Å². The number of H-pyrrole nitrogens is 1. The lowest BCUT2D eigenvalue weighted by Crippen LogP contribution is -2.18. The van der Waals surface area contributed by atoms with Crippen LogP contribution in [0.25, 0.3) is 0 Å². The molecule has 0 aliphatic rings. The van der Waals surface area contributed by atoms with E-state index >= 15 is 0 Å². The quantitative estimate of drug-likeness (QED) is 0.245. The van der Waals surface area contributed by atoms with Crippen LogP contribution in [-0.2, 0) is 0 Å². The molecule has 0 radical (unpaired) electrons. The highest BCUT2D eigenvalue weighted by atomic mass is 32.1. The normalized spacial score (nSPS) is 10.8. The number of unbranched alkanes of at least 4 members (excludes halogenated alkanes) is 1. The minimum atomic E-state index is -0.563. The number of aromatic amines is 1. The summed E-state index contributed by atoms with van der Waals surface area (Å²) in [6, 6.07) is 2.81. The molecule has 1 aromatic heterocycles. The number of benzene rings is 1.